The van der Waals surface area contributed by atoms with Gasteiger partial charge in [0.15, 0.2) is 0 Å². The van der Waals surface area contributed by atoms with E-state index in [0.29, 0.717) is 13.1 Å². The van der Waals surface area contributed by atoms with Crippen LogP contribution in [0.25, 0.3) is 0 Å². The molecule has 2 aromatic heterocycles. The minimum atomic E-state index is -4.51. The van der Waals surface area contributed by atoms with Crippen molar-refractivity contribution in [1.29, 1.82) is 0 Å². The Morgan fingerprint density at radius 2 is 1.93 bits per heavy atom. The molecule has 6 nitrogen and oxygen atoms in total. The highest BCUT2D eigenvalue weighted by Gasteiger charge is 2.34. The largest absolute Gasteiger partial charge is 0.433 e. The van der Waals surface area contributed by atoms with Crippen LogP contribution in [0.3, 0.4) is 0 Å². The topological polar surface area (TPSA) is 63.9 Å². The molecule has 4 rings (SSSR count). The average molecular weight is 379 g/mol. The minimum Gasteiger partial charge on any atom is -0.352 e. The Morgan fingerprint density at radius 1 is 1.11 bits per heavy atom. The molecule has 27 heavy (non-hydrogen) atoms. The number of halogens is 3. The predicted octanol–water partition coefficient (Wildman–Crippen LogP) is 2.60. The molecule has 0 aromatic carbocycles. The van der Waals surface area contributed by atoms with Crippen LogP contribution in [-0.4, -0.2) is 32.3 Å². The Balaban J connectivity index is 1.59. The van der Waals surface area contributed by atoms with E-state index in [-0.39, 0.29) is 17.4 Å². The van der Waals surface area contributed by atoms with Gasteiger partial charge in [-0.3, -0.25) is 4.79 Å². The van der Waals surface area contributed by atoms with Gasteiger partial charge in [-0.25, -0.2) is 14.6 Å². The van der Waals surface area contributed by atoms with Crippen molar-refractivity contribution in [2.45, 2.75) is 57.3 Å². The summed E-state index contributed by atoms with van der Waals surface area (Å²) in [6.07, 6.45) is 1.92. The predicted molar refractivity (Wildman–Crippen MR) is 92.5 cm³/mol. The number of nitrogens with zero attached hydrogens (tertiary/aromatic N) is 5. The van der Waals surface area contributed by atoms with E-state index < -0.39 is 11.9 Å². The number of aryl methyl sites for hydroxylation is 2. The number of aromatic nitrogens is 4. The summed E-state index contributed by atoms with van der Waals surface area (Å²) in [5, 5.41) is 4.53. The Bertz CT molecular complexity index is 895. The van der Waals surface area contributed by atoms with Gasteiger partial charge in [-0.2, -0.15) is 18.3 Å². The van der Waals surface area contributed by atoms with Gasteiger partial charge in [0.2, 0.25) is 0 Å². The highest BCUT2D eigenvalue weighted by Crippen LogP contribution is 2.31. The van der Waals surface area contributed by atoms with Crippen molar-refractivity contribution in [3.63, 3.8) is 0 Å². The highest BCUT2D eigenvalue weighted by atomic mass is 19.4. The van der Waals surface area contributed by atoms with Crippen LogP contribution in [0.2, 0.25) is 0 Å². The number of fused-ring (bicyclic) bond motifs is 1. The van der Waals surface area contributed by atoms with Crippen molar-refractivity contribution in [2.24, 2.45) is 0 Å². The lowest BCUT2D eigenvalue weighted by Crippen LogP contribution is -2.38. The van der Waals surface area contributed by atoms with Crippen LogP contribution in [0.1, 0.15) is 42.6 Å². The van der Waals surface area contributed by atoms with Crippen molar-refractivity contribution < 1.29 is 13.2 Å². The Labute approximate surface area is 154 Å². The summed E-state index contributed by atoms with van der Waals surface area (Å²) >= 11 is 0. The Hall–Kier alpha value is -2.45. The Morgan fingerprint density at radius 3 is 2.74 bits per heavy atom. The van der Waals surface area contributed by atoms with Crippen molar-refractivity contribution in [1.82, 2.24) is 19.7 Å². The molecule has 2 aliphatic rings. The zero-order valence-electron chi connectivity index (χ0n) is 14.7. The lowest BCUT2D eigenvalue weighted by Gasteiger charge is -2.26. The van der Waals surface area contributed by atoms with Crippen LogP contribution in [0.4, 0.5) is 19.0 Å². The maximum absolute atomic E-state index is 12.9. The van der Waals surface area contributed by atoms with E-state index in [4.69, 9.17) is 0 Å². The first-order valence-electron chi connectivity index (χ1n) is 9.17. The molecule has 0 bridgehead atoms. The highest BCUT2D eigenvalue weighted by molar-refractivity contribution is 5.42. The zero-order chi connectivity index (χ0) is 19.0. The number of alkyl halides is 3. The summed E-state index contributed by atoms with van der Waals surface area (Å²) in [6.45, 7) is 0.941. The maximum Gasteiger partial charge on any atom is 0.433 e. The summed E-state index contributed by atoms with van der Waals surface area (Å²) in [6, 6.07) is 2.52. The number of rotatable bonds is 3. The molecule has 0 N–H and O–H groups in total. The molecule has 1 unspecified atom stereocenters. The van der Waals surface area contributed by atoms with Crippen LogP contribution in [0.5, 0.6) is 0 Å². The lowest BCUT2D eigenvalue weighted by molar-refractivity contribution is -0.141. The van der Waals surface area contributed by atoms with E-state index in [9.17, 15) is 18.0 Å². The van der Waals surface area contributed by atoms with Crippen LogP contribution in [-0.2, 0) is 25.6 Å². The SMILES string of the molecule is O=c1cc2c(nn1CC1CCCN1c1cc(C(F)(F)F)ncn1)CCCC2. The second-order valence-corrected chi connectivity index (χ2v) is 7.09. The third-order valence-corrected chi connectivity index (χ3v) is 5.27. The van der Waals surface area contributed by atoms with E-state index in [1.807, 2.05) is 4.90 Å². The third-order valence-electron chi connectivity index (χ3n) is 5.27. The van der Waals surface area contributed by atoms with Crippen LogP contribution in [0, 0.1) is 0 Å². The quantitative estimate of drug-likeness (QED) is 0.820. The van der Waals surface area contributed by atoms with Gasteiger partial charge in [-0.15, -0.1) is 0 Å². The Kier molecular flexibility index (Phi) is 4.61. The number of hydrogen-bond acceptors (Lipinski definition) is 5. The molecule has 144 valence electrons. The zero-order valence-corrected chi connectivity index (χ0v) is 14.7. The van der Waals surface area contributed by atoms with Gasteiger partial charge < -0.3 is 4.90 Å². The number of anilines is 1. The first kappa shape index (κ1) is 17.9. The first-order chi connectivity index (χ1) is 12.9. The fourth-order valence-corrected chi connectivity index (χ4v) is 3.92. The average Bonchev–Trinajstić information content (AvgIpc) is 3.10. The summed E-state index contributed by atoms with van der Waals surface area (Å²) in [4.78, 5) is 21.6. The molecule has 0 amide bonds. The van der Waals surface area contributed by atoms with Crippen molar-refractivity contribution >= 4 is 5.82 Å². The van der Waals surface area contributed by atoms with Gasteiger partial charge >= 0.3 is 6.18 Å². The van der Waals surface area contributed by atoms with E-state index in [2.05, 4.69) is 15.1 Å². The van der Waals surface area contributed by atoms with Gasteiger partial charge in [0.1, 0.15) is 17.8 Å². The summed E-state index contributed by atoms with van der Waals surface area (Å²) in [5.74, 6) is 0.242. The van der Waals surface area contributed by atoms with Crippen molar-refractivity contribution in [3.05, 3.63) is 45.8 Å². The van der Waals surface area contributed by atoms with E-state index in [0.717, 1.165) is 62.2 Å². The first-order valence-corrected chi connectivity index (χ1v) is 9.17. The van der Waals surface area contributed by atoms with Gasteiger partial charge in [0.25, 0.3) is 5.56 Å². The third kappa shape index (κ3) is 3.68. The molecular formula is C18H20F3N5O. The number of hydrogen-bond donors (Lipinski definition) is 0. The molecule has 0 spiro atoms. The summed E-state index contributed by atoms with van der Waals surface area (Å²) in [7, 11) is 0. The standard InChI is InChI=1S/C18H20F3N5O/c19-18(20,21)15-9-16(23-11-22-15)25-7-3-5-13(25)10-26-17(27)8-12-4-1-2-6-14(12)24-26/h8-9,11,13H,1-7,10H2. The van der Waals surface area contributed by atoms with Gasteiger partial charge in [0.05, 0.1) is 18.3 Å². The molecule has 1 saturated heterocycles. The van der Waals surface area contributed by atoms with Crippen LogP contribution >= 0.6 is 0 Å². The smallest absolute Gasteiger partial charge is 0.352 e. The molecular weight excluding hydrogens is 359 g/mol. The summed E-state index contributed by atoms with van der Waals surface area (Å²) < 4.78 is 40.3. The molecule has 9 heteroatoms. The van der Waals surface area contributed by atoms with Gasteiger partial charge in [0, 0.05) is 18.7 Å². The molecule has 1 aliphatic heterocycles. The normalized spacial score (nSPS) is 20.0. The minimum absolute atomic E-state index is 0.118. The molecule has 0 saturated carbocycles. The lowest BCUT2D eigenvalue weighted by atomic mass is 9.97. The molecule has 1 atom stereocenters. The second-order valence-electron chi connectivity index (χ2n) is 7.09. The fraction of sp³-hybridized carbons (Fsp3) is 0.556. The maximum atomic E-state index is 12.9. The molecule has 1 aliphatic carbocycles. The molecule has 3 heterocycles. The van der Waals surface area contributed by atoms with E-state index in [1.165, 1.54) is 4.68 Å². The van der Waals surface area contributed by atoms with Crippen molar-refractivity contribution in [2.75, 3.05) is 11.4 Å². The van der Waals surface area contributed by atoms with E-state index in [1.54, 1.807) is 6.07 Å². The van der Waals surface area contributed by atoms with Crippen LogP contribution < -0.4 is 10.5 Å². The molecule has 1 fully saturated rings. The van der Waals surface area contributed by atoms with Crippen molar-refractivity contribution in [3.8, 4) is 0 Å². The van der Waals surface area contributed by atoms with E-state index >= 15 is 0 Å². The second kappa shape index (κ2) is 6.94. The van der Waals surface area contributed by atoms with Gasteiger partial charge in [-0.1, -0.05) is 0 Å². The fourth-order valence-electron chi connectivity index (χ4n) is 3.92. The monoisotopic (exact) mass is 379 g/mol. The summed E-state index contributed by atoms with van der Waals surface area (Å²) in [5.41, 5.74) is 0.881. The van der Waals surface area contributed by atoms with Crippen LogP contribution in [0.15, 0.2) is 23.3 Å². The van der Waals surface area contributed by atoms with Gasteiger partial charge in [-0.05, 0) is 44.1 Å². The molecule has 0 radical (unpaired) electrons. The molecule has 2 aromatic rings.